The molecule has 0 aliphatic heterocycles. The lowest BCUT2D eigenvalue weighted by atomic mass is 10.1. The lowest BCUT2D eigenvalue weighted by Crippen LogP contribution is -2.04. The number of benzene rings is 2. The van der Waals surface area contributed by atoms with Crippen LogP contribution in [-0.2, 0) is 6.61 Å². The summed E-state index contributed by atoms with van der Waals surface area (Å²) in [6.45, 7) is 1.73. The third-order valence-corrected chi connectivity index (χ3v) is 3.07. The minimum absolute atomic E-state index is 0.0749. The number of rotatable bonds is 5. The molecular formula is C16H16FNO3. The van der Waals surface area contributed by atoms with Gasteiger partial charge in [-0.05, 0) is 25.1 Å². The van der Waals surface area contributed by atoms with E-state index in [1.807, 2.05) is 0 Å². The molecule has 21 heavy (non-hydrogen) atoms. The molecule has 0 aliphatic rings. The SMILES string of the molecule is COc1ccc(/C(C)=N/O)c(OCc2ccccc2F)c1. The smallest absolute Gasteiger partial charge is 0.132 e. The van der Waals surface area contributed by atoms with Crippen LogP contribution in [0.2, 0.25) is 0 Å². The van der Waals surface area contributed by atoms with Crippen LogP contribution in [0.4, 0.5) is 4.39 Å². The minimum Gasteiger partial charge on any atom is -0.497 e. The van der Waals surface area contributed by atoms with E-state index in [0.717, 1.165) is 0 Å². The number of ether oxygens (including phenoxy) is 2. The topological polar surface area (TPSA) is 51.0 Å². The summed E-state index contributed by atoms with van der Waals surface area (Å²) in [4.78, 5) is 0. The first-order valence-corrected chi connectivity index (χ1v) is 6.39. The van der Waals surface area contributed by atoms with Crippen LogP contribution in [0.3, 0.4) is 0 Å². The van der Waals surface area contributed by atoms with Gasteiger partial charge in [-0.25, -0.2) is 4.39 Å². The summed E-state index contributed by atoms with van der Waals surface area (Å²) >= 11 is 0. The van der Waals surface area contributed by atoms with Crippen molar-refractivity contribution in [2.24, 2.45) is 5.16 Å². The number of nitrogens with zero attached hydrogens (tertiary/aromatic N) is 1. The lowest BCUT2D eigenvalue weighted by Gasteiger charge is -2.13. The Balaban J connectivity index is 2.27. The van der Waals surface area contributed by atoms with E-state index in [4.69, 9.17) is 14.7 Å². The van der Waals surface area contributed by atoms with Crippen LogP contribution in [-0.4, -0.2) is 18.0 Å². The van der Waals surface area contributed by atoms with E-state index in [-0.39, 0.29) is 12.4 Å². The van der Waals surface area contributed by atoms with Crippen molar-refractivity contribution < 1.29 is 19.1 Å². The van der Waals surface area contributed by atoms with Crippen molar-refractivity contribution in [3.8, 4) is 11.5 Å². The van der Waals surface area contributed by atoms with Crippen LogP contribution < -0.4 is 9.47 Å². The van der Waals surface area contributed by atoms with Crippen molar-refractivity contribution in [3.05, 3.63) is 59.4 Å². The predicted octanol–water partition coefficient (Wildman–Crippen LogP) is 3.61. The molecule has 2 aromatic carbocycles. The number of oxime groups is 1. The molecule has 2 aromatic rings. The highest BCUT2D eigenvalue weighted by molar-refractivity contribution is 6.00. The lowest BCUT2D eigenvalue weighted by molar-refractivity contribution is 0.295. The highest BCUT2D eigenvalue weighted by Crippen LogP contribution is 2.26. The van der Waals surface area contributed by atoms with Crippen molar-refractivity contribution in [2.75, 3.05) is 7.11 Å². The van der Waals surface area contributed by atoms with Gasteiger partial charge in [-0.1, -0.05) is 23.4 Å². The maximum Gasteiger partial charge on any atom is 0.132 e. The molecule has 0 bridgehead atoms. The summed E-state index contributed by atoms with van der Waals surface area (Å²) in [5.41, 5.74) is 1.47. The van der Waals surface area contributed by atoms with E-state index in [2.05, 4.69) is 5.16 Å². The predicted molar refractivity (Wildman–Crippen MR) is 77.7 cm³/mol. The molecule has 0 radical (unpaired) electrons. The van der Waals surface area contributed by atoms with Gasteiger partial charge in [-0.15, -0.1) is 0 Å². The Labute approximate surface area is 122 Å². The van der Waals surface area contributed by atoms with E-state index >= 15 is 0 Å². The van der Waals surface area contributed by atoms with E-state index < -0.39 is 0 Å². The molecule has 2 rings (SSSR count). The molecule has 0 atom stereocenters. The zero-order valence-corrected chi connectivity index (χ0v) is 11.8. The van der Waals surface area contributed by atoms with Crippen molar-refractivity contribution >= 4 is 5.71 Å². The molecule has 1 N–H and O–H groups in total. The third-order valence-electron chi connectivity index (χ3n) is 3.07. The van der Waals surface area contributed by atoms with Crippen LogP contribution >= 0.6 is 0 Å². The van der Waals surface area contributed by atoms with Gasteiger partial charge in [-0.2, -0.15) is 0 Å². The molecule has 0 aliphatic carbocycles. The quantitative estimate of drug-likeness (QED) is 0.519. The summed E-state index contributed by atoms with van der Waals surface area (Å²) < 4.78 is 24.4. The Morgan fingerprint density at radius 3 is 2.67 bits per heavy atom. The standard InChI is InChI=1S/C16H16FNO3/c1-11(18-19)14-8-7-13(20-2)9-16(14)21-10-12-5-3-4-6-15(12)17/h3-9,19H,10H2,1-2H3/b18-11+. The van der Waals surface area contributed by atoms with Crippen LogP contribution in [0.1, 0.15) is 18.1 Å². The molecular weight excluding hydrogens is 273 g/mol. The normalized spacial score (nSPS) is 11.3. The van der Waals surface area contributed by atoms with E-state index in [9.17, 15) is 4.39 Å². The molecule has 110 valence electrons. The first-order valence-electron chi connectivity index (χ1n) is 6.39. The van der Waals surface area contributed by atoms with E-state index in [1.165, 1.54) is 6.07 Å². The molecule has 5 heteroatoms. The number of methoxy groups -OCH3 is 1. The van der Waals surface area contributed by atoms with Crippen molar-refractivity contribution in [1.82, 2.24) is 0 Å². The fourth-order valence-electron chi connectivity index (χ4n) is 1.87. The summed E-state index contributed by atoms with van der Waals surface area (Å²) in [6.07, 6.45) is 0. The van der Waals surface area contributed by atoms with Crippen LogP contribution in [0.15, 0.2) is 47.6 Å². The van der Waals surface area contributed by atoms with E-state index in [1.54, 1.807) is 50.4 Å². The van der Waals surface area contributed by atoms with Gasteiger partial charge >= 0.3 is 0 Å². The van der Waals surface area contributed by atoms with Crippen LogP contribution in [0.25, 0.3) is 0 Å². The molecule has 0 amide bonds. The fraction of sp³-hybridized carbons (Fsp3) is 0.188. The van der Waals surface area contributed by atoms with Gasteiger partial charge in [0.1, 0.15) is 23.9 Å². The van der Waals surface area contributed by atoms with Gasteiger partial charge in [0.2, 0.25) is 0 Å². The Hall–Kier alpha value is -2.56. The second kappa shape index (κ2) is 6.74. The second-order valence-electron chi connectivity index (χ2n) is 4.43. The molecule has 0 unspecified atom stereocenters. The summed E-state index contributed by atoms with van der Waals surface area (Å²) in [6, 6.07) is 11.5. The Morgan fingerprint density at radius 2 is 2.00 bits per heavy atom. The third kappa shape index (κ3) is 3.51. The maximum atomic E-state index is 13.6. The molecule has 0 saturated heterocycles. The Bertz CT molecular complexity index is 656. The van der Waals surface area contributed by atoms with E-state index in [0.29, 0.717) is 28.3 Å². The Morgan fingerprint density at radius 1 is 1.24 bits per heavy atom. The molecule has 0 fully saturated rings. The molecule has 0 saturated carbocycles. The highest BCUT2D eigenvalue weighted by atomic mass is 19.1. The maximum absolute atomic E-state index is 13.6. The highest BCUT2D eigenvalue weighted by Gasteiger charge is 2.10. The zero-order chi connectivity index (χ0) is 15.2. The van der Waals surface area contributed by atoms with Crippen molar-refractivity contribution in [3.63, 3.8) is 0 Å². The number of hydrogen-bond donors (Lipinski definition) is 1. The average Bonchev–Trinajstić information content (AvgIpc) is 2.53. The minimum atomic E-state index is -0.325. The number of halogens is 1. The van der Waals surface area contributed by atoms with Crippen molar-refractivity contribution in [1.29, 1.82) is 0 Å². The largest absolute Gasteiger partial charge is 0.497 e. The van der Waals surface area contributed by atoms with Gasteiger partial charge < -0.3 is 14.7 Å². The van der Waals surface area contributed by atoms with Crippen molar-refractivity contribution in [2.45, 2.75) is 13.5 Å². The van der Waals surface area contributed by atoms with Crippen LogP contribution in [0.5, 0.6) is 11.5 Å². The molecule has 4 nitrogen and oxygen atoms in total. The molecule has 0 spiro atoms. The van der Waals surface area contributed by atoms with Crippen LogP contribution in [0, 0.1) is 5.82 Å². The Kier molecular flexibility index (Phi) is 4.77. The second-order valence-corrected chi connectivity index (χ2v) is 4.43. The first-order chi connectivity index (χ1) is 10.2. The average molecular weight is 289 g/mol. The molecule has 0 aromatic heterocycles. The van der Waals surface area contributed by atoms with Gasteiger partial charge in [0.15, 0.2) is 0 Å². The summed E-state index contributed by atoms with van der Waals surface area (Å²) in [5.74, 6) is 0.746. The van der Waals surface area contributed by atoms with Gasteiger partial charge in [0.05, 0.1) is 12.8 Å². The van der Waals surface area contributed by atoms with Gasteiger partial charge in [0, 0.05) is 17.2 Å². The zero-order valence-electron chi connectivity index (χ0n) is 11.8. The fourth-order valence-corrected chi connectivity index (χ4v) is 1.87. The van der Waals surface area contributed by atoms with Gasteiger partial charge in [0.25, 0.3) is 0 Å². The van der Waals surface area contributed by atoms with Gasteiger partial charge in [-0.3, -0.25) is 0 Å². The summed E-state index contributed by atoms with van der Waals surface area (Å²) in [7, 11) is 1.54. The first kappa shape index (κ1) is 14.8. The number of hydrogen-bond acceptors (Lipinski definition) is 4. The molecule has 0 heterocycles. The monoisotopic (exact) mass is 289 g/mol. The summed E-state index contributed by atoms with van der Waals surface area (Å²) in [5, 5.41) is 12.1.